The van der Waals surface area contributed by atoms with Gasteiger partial charge in [0.25, 0.3) is 5.91 Å². The Morgan fingerprint density at radius 2 is 1.57 bits per heavy atom. The molecule has 2 aliphatic rings. The lowest BCUT2D eigenvalue weighted by Gasteiger charge is -2.29. The van der Waals surface area contributed by atoms with Crippen LogP contribution in [0.1, 0.15) is 34.3 Å². The molecule has 1 aliphatic heterocycles. The lowest BCUT2D eigenvalue weighted by molar-refractivity contribution is -0.122. The van der Waals surface area contributed by atoms with Crippen LogP contribution in [0.3, 0.4) is 0 Å². The van der Waals surface area contributed by atoms with Crippen LogP contribution in [0.5, 0.6) is 0 Å². The summed E-state index contributed by atoms with van der Waals surface area (Å²) in [6.45, 7) is 3.95. The van der Waals surface area contributed by atoms with Crippen molar-refractivity contribution < 1.29 is 14.4 Å². The fraction of sp³-hybridized carbons (Fsp3) is 0.348. The Kier molecular flexibility index (Phi) is 5.86. The summed E-state index contributed by atoms with van der Waals surface area (Å²) in [4.78, 5) is 40.5. The maximum Gasteiger partial charge on any atom is 0.255 e. The average molecular weight is 534 g/mol. The molecule has 2 aromatic rings. The summed E-state index contributed by atoms with van der Waals surface area (Å²) in [7, 11) is 0. The number of halogens is 2. The number of nitrogens with zero attached hydrogens (tertiary/aromatic N) is 1. The zero-order valence-electron chi connectivity index (χ0n) is 16.7. The van der Waals surface area contributed by atoms with Crippen LogP contribution in [0.2, 0.25) is 0 Å². The van der Waals surface area contributed by atoms with E-state index in [4.69, 9.17) is 0 Å². The third-order valence-corrected chi connectivity index (χ3v) is 8.86. The van der Waals surface area contributed by atoms with Crippen LogP contribution in [0, 0.1) is 25.7 Å². The highest BCUT2D eigenvalue weighted by atomic mass is 79.9. The van der Waals surface area contributed by atoms with Crippen LogP contribution >= 0.6 is 31.9 Å². The van der Waals surface area contributed by atoms with Crippen molar-refractivity contribution in [1.82, 2.24) is 0 Å². The second-order valence-corrected chi connectivity index (χ2v) is 10.3. The van der Waals surface area contributed by atoms with E-state index in [9.17, 15) is 14.4 Å². The van der Waals surface area contributed by atoms with E-state index in [1.54, 1.807) is 24.3 Å². The number of carbonyl (C=O) groups is 3. The number of fused-ring (bicyclic) bond motifs is 1. The van der Waals surface area contributed by atoms with Gasteiger partial charge in [-0.15, -0.1) is 0 Å². The van der Waals surface area contributed by atoms with E-state index in [0.717, 1.165) is 16.8 Å². The molecule has 1 saturated heterocycles. The normalized spacial score (nSPS) is 25.9. The number of benzene rings is 2. The van der Waals surface area contributed by atoms with Crippen molar-refractivity contribution in [3.63, 3.8) is 0 Å². The summed E-state index contributed by atoms with van der Waals surface area (Å²) in [5, 5.41) is 2.93. The SMILES string of the molecule is Cc1cccc(NC(=O)c2cccc(N3C(=O)[C@@H]4C[C@H](Br)[C@@H](Br)C[C@H]4C3=O)c2)c1C. The summed E-state index contributed by atoms with van der Waals surface area (Å²) in [6.07, 6.45) is 1.24. The van der Waals surface area contributed by atoms with Crippen molar-refractivity contribution in [1.29, 1.82) is 0 Å². The first kappa shape index (κ1) is 21.2. The van der Waals surface area contributed by atoms with Crippen molar-refractivity contribution >= 4 is 61.0 Å². The van der Waals surface area contributed by atoms with Gasteiger partial charge in [0.1, 0.15) is 0 Å². The van der Waals surface area contributed by atoms with Gasteiger partial charge >= 0.3 is 0 Å². The highest BCUT2D eigenvalue weighted by molar-refractivity contribution is 9.12. The van der Waals surface area contributed by atoms with Gasteiger partial charge in [-0.1, -0.05) is 50.1 Å². The minimum absolute atomic E-state index is 0.158. The molecular formula is C23H22Br2N2O3. The van der Waals surface area contributed by atoms with Crippen LogP contribution in [-0.2, 0) is 9.59 Å². The molecule has 4 rings (SSSR count). The van der Waals surface area contributed by atoms with Gasteiger partial charge in [-0.3, -0.25) is 19.3 Å². The molecule has 4 atom stereocenters. The molecule has 0 radical (unpaired) electrons. The fourth-order valence-electron chi connectivity index (χ4n) is 4.22. The Balaban J connectivity index is 1.59. The third-order valence-electron chi connectivity index (χ3n) is 6.13. The Bertz CT molecular complexity index is 1010. The number of hydrogen-bond acceptors (Lipinski definition) is 3. The van der Waals surface area contributed by atoms with Crippen LogP contribution in [0.4, 0.5) is 11.4 Å². The maximum atomic E-state index is 13.0. The molecule has 5 nitrogen and oxygen atoms in total. The summed E-state index contributed by atoms with van der Waals surface area (Å²) in [6, 6.07) is 12.5. The van der Waals surface area contributed by atoms with Gasteiger partial charge in [0.15, 0.2) is 0 Å². The number of nitrogens with one attached hydrogen (secondary N) is 1. The Hall–Kier alpha value is -1.99. The van der Waals surface area contributed by atoms with Gasteiger partial charge in [-0.2, -0.15) is 0 Å². The number of alkyl halides is 2. The highest BCUT2D eigenvalue weighted by Gasteiger charge is 2.52. The first-order valence-electron chi connectivity index (χ1n) is 9.91. The summed E-state index contributed by atoms with van der Waals surface area (Å²) in [5.74, 6) is -1.27. The molecule has 0 unspecified atom stereocenters. The van der Waals surface area contributed by atoms with Gasteiger partial charge in [0.2, 0.25) is 11.8 Å². The monoisotopic (exact) mass is 532 g/mol. The van der Waals surface area contributed by atoms with E-state index < -0.39 is 0 Å². The number of amides is 3. The molecule has 7 heteroatoms. The predicted molar refractivity (Wildman–Crippen MR) is 124 cm³/mol. The average Bonchev–Trinajstić information content (AvgIpc) is 2.95. The first-order chi connectivity index (χ1) is 14.3. The van der Waals surface area contributed by atoms with Gasteiger partial charge in [0.05, 0.1) is 17.5 Å². The number of imide groups is 1. The van der Waals surface area contributed by atoms with E-state index >= 15 is 0 Å². The van der Waals surface area contributed by atoms with Gasteiger partial charge in [-0.05, 0) is 62.1 Å². The van der Waals surface area contributed by atoms with Crippen molar-refractivity contribution in [3.05, 3.63) is 59.2 Å². The molecular weight excluding hydrogens is 512 g/mol. The molecule has 30 heavy (non-hydrogen) atoms. The molecule has 1 aliphatic carbocycles. The Morgan fingerprint density at radius 1 is 0.967 bits per heavy atom. The predicted octanol–water partition coefficient (Wildman–Crippen LogP) is 4.98. The zero-order valence-corrected chi connectivity index (χ0v) is 19.9. The third kappa shape index (κ3) is 3.73. The van der Waals surface area contributed by atoms with Crippen molar-refractivity contribution in [3.8, 4) is 0 Å². The van der Waals surface area contributed by atoms with Crippen LogP contribution < -0.4 is 10.2 Å². The number of hydrogen-bond donors (Lipinski definition) is 1. The second-order valence-electron chi connectivity index (χ2n) is 7.98. The summed E-state index contributed by atoms with van der Waals surface area (Å²) in [5.41, 5.74) is 3.69. The molecule has 0 bridgehead atoms. The first-order valence-corrected chi connectivity index (χ1v) is 11.7. The van der Waals surface area contributed by atoms with Crippen molar-refractivity contribution in [2.24, 2.45) is 11.8 Å². The summed E-state index contributed by atoms with van der Waals surface area (Å²) < 4.78 is 0. The second kappa shape index (κ2) is 8.27. The quantitative estimate of drug-likeness (QED) is 0.447. The van der Waals surface area contributed by atoms with Crippen molar-refractivity contribution in [2.45, 2.75) is 36.3 Å². The van der Waals surface area contributed by atoms with Gasteiger partial charge in [-0.25, -0.2) is 0 Å². The topological polar surface area (TPSA) is 66.5 Å². The van der Waals surface area contributed by atoms with E-state index in [0.29, 0.717) is 24.1 Å². The number of aryl methyl sites for hydroxylation is 1. The van der Waals surface area contributed by atoms with E-state index in [1.807, 2.05) is 32.0 Å². The number of anilines is 2. The van der Waals surface area contributed by atoms with E-state index in [1.165, 1.54) is 4.90 Å². The molecule has 0 spiro atoms. The molecule has 1 saturated carbocycles. The molecule has 156 valence electrons. The minimum Gasteiger partial charge on any atom is -0.322 e. The van der Waals surface area contributed by atoms with Crippen LogP contribution in [-0.4, -0.2) is 27.4 Å². The lowest BCUT2D eigenvalue weighted by Crippen LogP contribution is -2.34. The molecule has 3 amide bonds. The van der Waals surface area contributed by atoms with Crippen molar-refractivity contribution in [2.75, 3.05) is 10.2 Å². The standard InChI is InChI=1S/C23H22Br2N2O3/c1-12-5-3-8-20(13(12)2)26-21(28)14-6-4-7-15(9-14)27-22(29)16-10-18(24)19(25)11-17(16)23(27)30/h3-9,16-19H,10-11H2,1-2H3,(H,26,28)/t16-,17-,18+,19+/m1/s1. The largest absolute Gasteiger partial charge is 0.322 e. The number of carbonyl (C=O) groups excluding carboxylic acids is 3. The molecule has 2 fully saturated rings. The Morgan fingerprint density at radius 3 is 2.20 bits per heavy atom. The maximum absolute atomic E-state index is 13.0. The minimum atomic E-state index is -0.317. The van der Waals surface area contributed by atoms with E-state index in [2.05, 4.69) is 37.2 Å². The van der Waals surface area contributed by atoms with Gasteiger partial charge in [0, 0.05) is 20.9 Å². The zero-order chi connectivity index (χ0) is 21.6. The lowest BCUT2D eigenvalue weighted by atomic mass is 9.81. The van der Waals surface area contributed by atoms with Crippen LogP contribution in [0.15, 0.2) is 42.5 Å². The Labute approximate surface area is 192 Å². The fourth-order valence-corrected chi connectivity index (χ4v) is 5.45. The smallest absolute Gasteiger partial charge is 0.255 e. The van der Waals surface area contributed by atoms with E-state index in [-0.39, 0.29) is 39.2 Å². The molecule has 0 aromatic heterocycles. The van der Waals surface area contributed by atoms with Crippen LogP contribution in [0.25, 0.3) is 0 Å². The molecule has 1 heterocycles. The molecule has 2 aromatic carbocycles. The number of rotatable bonds is 3. The highest BCUT2D eigenvalue weighted by Crippen LogP contribution is 2.44. The molecule has 1 N–H and O–H groups in total. The summed E-state index contributed by atoms with van der Waals surface area (Å²) >= 11 is 7.21. The van der Waals surface area contributed by atoms with Gasteiger partial charge < -0.3 is 5.32 Å².